The maximum atomic E-state index is 11.3. The molecule has 0 spiro atoms. The van der Waals surface area contributed by atoms with Gasteiger partial charge in [0.2, 0.25) is 0 Å². The first-order valence-electron chi connectivity index (χ1n) is 4.43. The Kier molecular flexibility index (Phi) is 4.05. The molecular weight excluding hydrogens is 212 g/mol. The molecule has 2 N–H and O–H groups in total. The number of carbonyl (C=O) groups excluding carboxylic acids is 1. The van der Waals surface area contributed by atoms with Crippen LogP contribution in [0.5, 0.6) is 0 Å². The van der Waals surface area contributed by atoms with E-state index in [1.54, 1.807) is 31.2 Å². The van der Waals surface area contributed by atoms with E-state index in [-0.39, 0.29) is 11.1 Å². The van der Waals surface area contributed by atoms with Crippen molar-refractivity contribution < 1.29 is 9.53 Å². The van der Waals surface area contributed by atoms with Crippen molar-refractivity contribution in [1.82, 2.24) is 5.73 Å². The Hall–Kier alpha value is -1.62. The molecule has 0 aromatic heterocycles. The number of thiocarbonyl (C=S) groups is 1. The van der Waals surface area contributed by atoms with Crippen molar-refractivity contribution in [3.05, 3.63) is 29.8 Å². The van der Waals surface area contributed by atoms with Crippen molar-refractivity contribution in [2.75, 3.05) is 11.9 Å². The fourth-order valence-corrected chi connectivity index (χ4v) is 1.15. The molecular formula is C10H11N2O2S. The Labute approximate surface area is 93.4 Å². The molecule has 0 saturated carbocycles. The van der Waals surface area contributed by atoms with Gasteiger partial charge in [-0.3, -0.25) is 5.73 Å². The van der Waals surface area contributed by atoms with Gasteiger partial charge in [-0.05, 0) is 43.4 Å². The van der Waals surface area contributed by atoms with Gasteiger partial charge in [-0.1, -0.05) is 0 Å². The molecule has 1 aromatic carbocycles. The third-order valence-corrected chi connectivity index (χ3v) is 1.76. The molecule has 4 nitrogen and oxygen atoms in total. The van der Waals surface area contributed by atoms with Crippen molar-refractivity contribution in [1.29, 1.82) is 0 Å². The number of carbonyl (C=O) groups is 1. The van der Waals surface area contributed by atoms with Crippen molar-refractivity contribution in [2.45, 2.75) is 6.92 Å². The second-order valence-electron chi connectivity index (χ2n) is 2.75. The first kappa shape index (κ1) is 11.5. The summed E-state index contributed by atoms with van der Waals surface area (Å²) in [4.78, 5) is 11.3. The average molecular weight is 223 g/mol. The van der Waals surface area contributed by atoms with E-state index in [2.05, 4.69) is 17.5 Å². The Balaban J connectivity index is 2.71. The molecule has 15 heavy (non-hydrogen) atoms. The molecule has 0 saturated heterocycles. The van der Waals surface area contributed by atoms with E-state index >= 15 is 0 Å². The summed E-state index contributed by atoms with van der Waals surface area (Å²) in [5.41, 5.74) is 8.22. The highest BCUT2D eigenvalue weighted by Crippen LogP contribution is 2.10. The third kappa shape index (κ3) is 3.55. The fraction of sp³-hybridized carbons (Fsp3) is 0.200. The van der Waals surface area contributed by atoms with Crippen LogP contribution >= 0.6 is 12.2 Å². The summed E-state index contributed by atoms with van der Waals surface area (Å²) in [6, 6.07) is 6.59. The van der Waals surface area contributed by atoms with Gasteiger partial charge in [-0.15, -0.1) is 0 Å². The van der Waals surface area contributed by atoms with Crippen LogP contribution in [0.4, 0.5) is 5.69 Å². The van der Waals surface area contributed by atoms with Gasteiger partial charge in [0.05, 0.1) is 12.2 Å². The van der Waals surface area contributed by atoms with E-state index in [4.69, 9.17) is 10.5 Å². The Morgan fingerprint density at radius 3 is 2.53 bits per heavy atom. The summed E-state index contributed by atoms with van der Waals surface area (Å²) in [6.07, 6.45) is 0. The number of nitrogens with one attached hydrogen (secondary N) is 2. The number of hydrogen-bond acceptors (Lipinski definition) is 3. The Morgan fingerprint density at radius 1 is 1.47 bits per heavy atom. The molecule has 0 unspecified atom stereocenters. The van der Waals surface area contributed by atoms with Crippen LogP contribution in [0.25, 0.3) is 0 Å². The van der Waals surface area contributed by atoms with Crippen LogP contribution in [0.2, 0.25) is 0 Å². The molecule has 0 amide bonds. The molecule has 0 aliphatic heterocycles. The van der Waals surface area contributed by atoms with E-state index < -0.39 is 0 Å². The lowest BCUT2D eigenvalue weighted by Gasteiger charge is -2.04. The van der Waals surface area contributed by atoms with Gasteiger partial charge in [0.25, 0.3) is 0 Å². The molecule has 0 atom stereocenters. The number of anilines is 1. The quantitative estimate of drug-likeness (QED) is 0.627. The van der Waals surface area contributed by atoms with Gasteiger partial charge in [0, 0.05) is 5.69 Å². The number of ether oxygens (including phenoxy) is 1. The smallest absolute Gasteiger partial charge is 0.338 e. The molecule has 79 valence electrons. The van der Waals surface area contributed by atoms with Gasteiger partial charge in [-0.2, -0.15) is 0 Å². The molecule has 0 fully saturated rings. The van der Waals surface area contributed by atoms with Crippen LogP contribution in [0.1, 0.15) is 17.3 Å². The molecule has 0 aliphatic rings. The first-order chi connectivity index (χ1) is 7.13. The van der Waals surface area contributed by atoms with Gasteiger partial charge in [0.1, 0.15) is 0 Å². The minimum absolute atomic E-state index is 0.0566. The van der Waals surface area contributed by atoms with Crippen molar-refractivity contribution in [3.8, 4) is 0 Å². The topological polar surface area (TPSA) is 62.1 Å². The molecule has 1 radical (unpaired) electrons. The van der Waals surface area contributed by atoms with E-state index in [1.807, 2.05) is 0 Å². The van der Waals surface area contributed by atoms with Gasteiger partial charge < -0.3 is 10.1 Å². The predicted molar refractivity (Wildman–Crippen MR) is 61.7 cm³/mol. The fourth-order valence-electron chi connectivity index (χ4n) is 1.04. The maximum absolute atomic E-state index is 11.3. The van der Waals surface area contributed by atoms with E-state index in [0.29, 0.717) is 17.9 Å². The predicted octanol–water partition coefficient (Wildman–Crippen LogP) is 1.84. The summed E-state index contributed by atoms with van der Waals surface area (Å²) in [6.45, 7) is 2.11. The monoisotopic (exact) mass is 223 g/mol. The van der Waals surface area contributed by atoms with Crippen LogP contribution in [-0.2, 0) is 4.74 Å². The Morgan fingerprint density at radius 2 is 2.07 bits per heavy atom. The zero-order valence-corrected chi connectivity index (χ0v) is 9.06. The largest absolute Gasteiger partial charge is 0.462 e. The summed E-state index contributed by atoms with van der Waals surface area (Å²) in [7, 11) is 0. The number of benzene rings is 1. The zero-order chi connectivity index (χ0) is 11.3. The summed E-state index contributed by atoms with van der Waals surface area (Å²) >= 11 is 4.57. The minimum atomic E-state index is -0.350. The zero-order valence-electron chi connectivity index (χ0n) is 8.24. The van der Waals surface area contributed by atoms with Gasteiger partial charge >= 0.3 is 5.97 Å². The highest BCUT2D eigenvalue weighted by molar-refractivity contribution is 7.80. The van der Waals surface area contributed by atoms with Gasteiger partial charge in [-0.25, -0.2) is 4.79 Å². The second kappa shape index (κ2) is 5.31. The number of esters is 1. The average Bonchev–Trinajstić information content (AvgIpc) is 2.18. The van der Waals surface area contributed by atoms with Gasteiger partial charge in [0.15, 0.2) is 5.11 Å². The molecule has 0 aliphatic carbocycles. The normalized spacial score (nSPS) is 9.40. The summed E-state index contributed by atoms with van der Waals surface area (Å²) in [5.74, 6) is -0.350. The van der Waals surface area contributed by atoms with Crippen molar-refractivity contribution in [2.24, 2.45) is 0 Å². The first-order valence-corrected chi connectivity index (χ1v) is 4.84. The van der Waals surface area contributed by atoms with Crippen molar-refractivity contribution >= 4 is 29.0 Å². The number of rotatable bonds is 3. The molecule has 1 rings (SSSR count). The SMILES string of the molecule is CCOC(=O)c1ccc(NC([NH])=S)cc1. The van der Waals surface area contributed by atoms with E-state index in [1.165, 1.54) is 0 Å². The lowest BCUT2D eigenvalue weighted by Crippen LogP contribution is -2.09. The maximum Gasteiger partial charge on any atom is 0.338 e. The summed E-state index contributed by atoms with van der Waals surface area (Å²) in [5, 5.41) is 2.59. The Bertz CT molecular complexity index is 362. The molecule has 0 bridgehead atoms. The van der Waals surface area contributed by atoms with Crippen molar-refractivity contribution in [3.63, 3.8) is 0 Å². The van der Waals surface area contributed by atoms with Crippen LogP contribution in [0, 0.1) is 0 Å². The third-order valence-electron chi connectivity index (χ3n) is 1.65. The number of hydrogen-bond donors (Lipinski definition) is 1. The highest BCUT2D eigenvalue weighted by Gasteiger charge is 2.05. The van der Waals surface area contributed by atoms with Crippen LogP contribution in [-0.4, -0.2) is 17.7 Å². The molecule has 1 aromatic rings. The van der Waals surface area contributed by atoms with Crippen LogP contribution in [0.3, 0.4) is 0 Å². The molecule has 0 heterocycles. The highest BCUT2D eigenvalue weighted by atomic mass is 32.1. The van der Waals surface area contributed by atoms with E-state index in [0.717, 1.165) is 0 Å². The molecule has 5 heteroatoms. The van der Waals surface area contributed by atoms with Crippen LogP contribution in [0.15, 0.2) is 24.3 Å². The lowest BCUT2D eigenvalue weighted by atomic mass is 10.2. The van der Waals surface area contributed by atoms with Crippen LogP contribution < -0.4 is 11.1 Å². The second-order valence-corrected chi connectivity index (χ2v) is 3.16. The van der Waals surface area contributed by atoms with E-state index in [9.17, 15) is 4.79 Å². The summed E-state index contributed by atoms with van der Waals surface area (Å²) < 4.78 is 4.83. The lowest BCUT2D eigenvalue weighted by molar-refractivity contribution is 0.0526. The standard InChI is InChI=1S/C10H11N2O2S/c1-2-14-9(13)7-3-5-8(6-4-7)12-10(11)15/h3-6,11H,2H2,1H3,(H,12,15). The minimum Gasteiger partial charge on any atom is -0.462 e.